The molecule has 0 heterocycles. The van der Waals surface area contributed by atoms with Gasteiger partial charge in [0, 0.05) is 11.1 Å². The van der Waals surface area contributed by atoms with Crippen molar-refractivity contribution in [1.29, 1.82) is 0 Å². The highest BCUT2D eigenvalue weighted by atomic mass is 19.2. The fourth-order valence-corrected chi connectivity index (χ4v) is 1.59. The molecule has 1 N–H and O–H groups in total. The number of aliphatic hydroxyl groups excluding tert-OH is 1. The minimum absolute atomic E-state index is 0.0285. The van der Waals surface area contributed by atoms with E-state index >= 15 is 0 Å². The summed E-state index contributed by atoms with van der Waals surface area (Å²) in [4.78, 5) is 0. The van der Waals surface area contributed by atoms with Crippen molar-refractivity contribution in [2.45, 2.75) is 6.61 Å². The lowest BCUT2D eigenvalue weighted by atomic mass is 10.0. The fourth-order valence-electron chi connectivity index (χ4n) is 1.59. The first-order chi connectivity index (χ1) is 8.13. The third-order valence-corrected chi connectivity index (χ3v) is 2.46. The monoisotopic (exact) mass is 238 g/mol. The van der Waals surface area contributed by atoms with Gasteiger partial charge in [-0.05, 0) is 17.7 Å². The van der Waals surface area contributed by atoms with Crippen molar-refractivity contribution in [2.24, 2.45) is 0 Å². The third-order valence-electron chi connectivity index (χ3n) is 2.46. The van der Waals surface area contributed by atoms with Crippen LogP contribution >= 0.6 is 0 Å². The van der Waals surface area contributed by atoms with Gasteiger partial charge in [0.1, 0.15) is 5.82 Å². The molecule has 0 aliphatic rings. The van der Waals surface area contributed by atoms with E-state index in [1.807, 2.05) is 0 Å². The Morgan fingerprint density at radius 1 is 0.882 bits per heavy atom. The van der Waals surface area contributed by atoms with E-state index in [9.17, 15) is 13.2 Å². The molecule has 0 amide bonds. The van der Waals surface area contributed by atoms with Gasteiger partial charge in [0.05, 0.1) is 6.61 Å². The van der Waals surface area contributed by atoms with Gasteiger partial charge in [0.15, 0.2) is 11.6 Å². The zero-order chi connectivity index (χ0) is 12.4. The van der Waals surface area contributed by atoms with Gasteiger partial charge in [-0.3, -0.25) is 0 Å². The standard InChI is InChI=1S/C13H9F3O/c14-11-3-1-2-10(13(11)16)9-5-4-8(7-17)6-12(9)15/h1-6,17H,7H2. The highest BCUT2D eigenvalue weighted by molar-refractivity contribution is 5.65. The quantitative estimate of drug-likeness (QED) is 0.851. The predicted octanol–water partition coefficient (Wildman–Crippen LogP) is 3.26. The maximum atomic E-state index is 13.6. The number of halogens is 3. The summed E-state index contributed by atoms with van der Waals surface area (Å²) in [5, 5.41) is 8.82. The van der Waals surface area contributed by atoms with Crippen molar-refractivity contribution in [3.63, 3.8) is 0 Å². The van der Waals surface area contributed by atoms with Gasteiger partial charge in [0.2, 0.25) is 0 Å². The van der Waals surface area contributed by atoms with Gasteiger partial charge >= 0.3 is 0 Å². The van der Waals surface area contributed by atoms with Gasteiger partial charge in [-0.25, -0.2) is 13.2 Å². The largest absolute Gasteiger partial charge is 0.392 e. The summed E-state index contributed by atoms with van der Waals surface area (Å²) in [5.74, 6) is -2.79. The lowest BCUT2D eigenvalue weighted by molar-refractivity contribution is 0.281. The van der Waals surface area contributed by atoms with Gasteiger partial charge in [-0.2, -0.15) is 0 Å². The molecule has 0 saturated carbocycles. The first-order valence-electron chi connectivity index (χ1n) is 4.97. The molecule has 2 rings (SSSR count). The summed E-state index contributed by atoms with van der Waals surface area (Å²) in [5.41, 5.74) is 0.217. The van der Waals surface area contributed by atoms with Crippen molar-refractivity contribution >= 4 is 0 Å². The van der Waals surface area contributed by atoms with Crippen molar-refractivity contribution < 1.29 is 18.3 Å². The van der Waals surface area contributed by atoms with Crippen LogP contribution in [0, 0.1) is 17.5 Å². The third kappa shape index (κ3) is 2.17. The summed E-state index contributed by atoms with van der Waals surface area (Å²) >= 11 is 0. The van der Waals surface area contributed by atoms with E-state index in [1.54, 1.807) is 0 Å². The van der Waals surface area contributed by atoms with Crippen LogP contribution in [0.25, 0.3) is 11.1 Å². The molecule has 0 aromatic heterocycles. The molecule has 2 aromatic rings. The lowest BCUT2D eigenvalue weighted by Crippen LogP contribution is -1.93. The second-order valence-electron chi connectivity index (χ2n) is 3.57. The van der Waals surface area contributed by atoms with Gasteiger partial charge in [-0.1, -0.05) is 24.3 Å². The highest BCUT2D eigenvalue weighted by Crippen LogP contribution is 2.27. The Kier molecular flexibility index (Phi) is 3.15. The van der Waals surface area contributed by atoms with E-state index in [0.717, 1.165) is 12.1 Å². The smallest absolute Gasteiger partial charge is 0.166 e. The minimum atomic E-state index is -1.08. The summed E-state index contributed by atoms with van der Waals surface area (Å²) in [6.45, 7) is -0.303. The van der Waals surface area contributed by atoms with Crippen molar-refractivity contribution in [1.82, 2.24) is 0 Å². The van der Waals surface area contributed by atoms with E-state index in [2.05, 4.69) is 0 Å². The van der Waals surface area contributed by atoms with Gasteiger partial charge in [-0.15, -0.1) is 0 Å². The van der Waals surface area contributed by atoms with Gasteiger partial charge < -0.3 is 5.11 Å². The van der Waals surface area contributed by atoms with Crippen LogP contribution in [0.4, 0.5) is 13.2 Å². The van der Waals surface area contributed by atoms with Crippen LogP contribution in [0.3, 0.4) is 0 Å². The molecule has 0 atom stereocenters. The first-order valence-corrected chi connectivity index (χ1v) is 4.97. The van der Waals surface area contributed by atoms with Crippen LogP contribution < -0.4 is 0 Å². The van der Waals surface area contributed by atoms with Crippen molar-refractivity contribution in [3.05, 3.63) is 59.4 Å². The number of benzene rings is 2. The van der Waals surface area contributed by atoms with E-state index < -0.39 is 17.5 Å². The normalized spacial score (nSPS) is 10.6. The molecule has 17 heavy (non-hydrogen) atoms. The van der Waals surface area contributed by atoms with Gasteiger partial charge in [0.25, 0.3) is 0 Å². The molecular weight excluding hydrogens is 229 g/mol. The van der Waals surface area contributed by atoms with Crippen LogP contribution in [0.2, 0.25) is 0 Å². The second-order valence-corrected chi connectivity index (χ2v) is 3.57. The molecule has 0 radical (unpaired) electrons. The average Bonchev–Trinajstić information content (AvgIpc) is 2.33. The molecule has 0 fully saturated rings. The summed E-state index contributed by atoms with van der Waals surface area (Å²) in [7, 11) is 0. The minimum Gasteiger partial charge on any atom is -0.392 e. The van der Waals surface area contributed by atoms with Crippen LogP contribution in [-0.4, -0.2) is 5.11 Å². The van der Waals surface area contributed by atoms with Crippen LogP contribution in [0.15, 0.2) is 36.4 Å². The molecule has 0 saturated heterocycles. The molecule has 88 valence electrons. The van der Waals surface area contributed by atoms with E-state index in [1.165, 1.54) is 24.3 Å². The van der Waals surface area contributed by atoms with Crippen LogP contribution in [-0.2, 0) is 6.61 Å². The number of rotatable bonds is 2. The number of hydrogen-bond acceptors (Lipinski definition) is 1. The zero-order valence-corrected chi connectivity index (χ0v) is 8.75. The predicted molar refractivity (Wildman–Crippen MR) is 57.7 cm³/mol. The molecule has 0 unspecified atom stereocenters. The Labute approximate surface area is 96.1 Å². The summed E-state index contributed by atoms with van der Waals surface area (Å²) < 4.78 is 40.1. The van der Waals surface area contributed by atoms with Crippen LogP contribution in [0.1, 0.15) is 5.56 Å². The Morgan fingerprint density at radius 2 is 1.65 bits per heavy atom. The number of hydrogen-bond donors (Lipinski definition) is 1. The SMILES string of the molecule is OCc1ccc(-c2cccc(F)c2F)c(F)c1. The maximum absolute atomic E-state index is 13.6. The van der Waals surface area contributed by atoms with Crippen LogP contribution in [0.5, 0.6) is 0 Å². The molecule has 0 spiro atoms. The molecule has 0 aliphatic heterocycles. The van der Waals surface area contributed by atoms with Crippen molar-refractivity contribution in [3.8, 4) is 11.1 Å². The number of aliphatic hydroxyl groups is 1. The highest BCUT2D eigenvalue weighted by Gasteiger charge is 2.13. The molecule has 0 aliphatic carbocycles. The Balaban J connectivity index is 2.57. The molecular formula is C13H9F3O. The zero-order valence-electron chi connectivity index (χ0n) is 8.75. The molecule has 0 bridgehead atoms. The molecule has 4 heteroatoms. The fraction of sp³-hybridized carbons (Fsp3) is 0.0769. The molecule has 1 nitrogen and oxygen atoms in total. The van der Waals surface area contributed by atoms with E-state index in [0.29, 0.717) is 5.56 Å². The van der Waals surface area contributed by atoms with Crippen molar-refractivity contribution in [2.75, 3.05) is 0 Å². The Hall–Kier alpha value is -1.81. The second kappa shape index (κ2) is 4.59. The lowest BCUT2D eigenvalue weighted by Gasteiger charge is -2.06. The Morgan fingerprint density at radius 3 is 2.29 bits per heavy atom. The average molecular weight is 238 g/mol. The Bertz CT molecular complexity index is 552. The van der Waals surface area contributed by atoms with E-state index in [4.69, 9.17) is 5.11 Å². The molecule has 2 aromatic carbocycles. The summed E-state index contributed by atoms with van der Waals surface area (Å²) in [6.07, 6.45) is 0. The van der Waals surface area contributed by atoms with E-state index in [-0.39, 0.29) is 17.7 Å². The summed E-state index contributed by atoms with van der Waals surface area (Å²) in [6, 6.07) is 7.46. The maximum Gasteiger partial charge on any atom is 0.166 e. The topological polar surface area (TPSA) is 20.2 Å². The first kappa shape index (κ1) is 11.7.